The molecule has 0 aliphatic heterocycles. The summed E-state index contributed by atoms with van der Waals surface area (Å²) in [5.74, 6) is 0.475. The van der Waals surface area contributed by atoms with Crippen molar-refractivity contribution in [2.75, 3.05) is 35.7 Å². The molecule has 0 spiro atoms. The fourth-order valence-electron chi connectivity index (χ4n) is 3.09. The average Bonchev–Trinajstić information content (AvgIpc) is 2.75. The Morgan fingerprint density at radius 1 is 1.03 bits per heavy atom. The van der Waals surface area contributed by atoms with Crippen LogP contribution < -0.4 is 20.3 Å². The van der Waals surface area contributed by atoms with E-state index in [1.165, 1.54) is 19.2 Å². The second-order valence-corrected chi connectivity index (χ2v) is 6.87. The lowest BCUT2D eigenvalue weighted by Gasteiger charge is -2.20. The van der Waals surface area contributed by atoms with E-state index in [1.807, 2.05) is 25.1 Å². The van der Waals surface area contributed by atoms with Crippen LogP contribution in [0.4, 0.5) is 27.5 Å². The molecule has 0 radical (unpaired) electrons. The van der Waals surface area contributed by atoms with Crippen molar-refractivity contribution in [1.29, 1.82) is 0 Å². The van der Waals surface area contributed by atoms with Gasteiger partial charge in [0.1, 0.15) is 5.82 Å². The van der Waals surface area contributed by atoms with Crippen LogP contribution in [0.2, 0.25) is 0 Å². The molecule has 31 heavy (non-hydrogen) atoms. The standard InChI is InChI=1S/C23H26FN5O2/c1-5-29(6-2)21-13-15(3)25-23(28-21)27-18-10-8-17(9-11-18)26-22(30)16-7-12-20(31-4)19(24)14-16/h7-14H,5-6H2,1-4H3,(H,26,30)(H,25,27,28). The lowest BCUT2D eigenvalue weighted by Crippen LogP contribution is -2.23. The number of carbonyl (C=O) groups is 1. The van der Waals surface area contributed by atoms with Gasteiger partial charge in [0, 0.05) is 41.8 Å². The van der Waals surface area contributed by atoms with E-state index in [-0.39, 0.29) is 11.3 Å². The van der Waals surface area contributed by atoms with E-state index >= 15 is 0 Å². The molecule has 0 saturated heterocycles. The average molecular weight is 423 g/mol. The van der Waals surface area contributed by atoms with E-state index in [0.717, 1.165) is 36.4 Å². The topological polar surface area (TPSA) is 79.4 Å². The molecule has 1 aromatic heterocycles. The molecular formula is C23H26FN5O2. The maximum absolute atomic E-state index is 13.8. The van der Waals surface area contributed by atoms with Crippen LogP contribution in [0.3, 0.4) is 0 Å². The molecule has 162 valence electrons. The van der Waals surface area contributed by atoms with Gasteiger partial charge in [-0.3, -0.25) is 4.79 Å². The zero-order chi connectivity index (χ0) is 22.4. The number of aromatic nitrogens is 2. The van der Waals surface area contributed by atoms with E-state index in [2.05, 4.69) is 39.3 Å². The van der Waals surface area contributed by atoms with Gasteiger partial charge in [-0.15, -0.1) is 0 Å². The maximum Gasteiger partial charge on any atom is 0.255 e. The van der Waals surface area contributed by atoms with Crippen LogP contribution >= 0.6 is 0 Å². The SMILES string of the molecule is CCN(CC)c1cc(C)nc(Nc2ccc(NC(=O)c3ccc(OC)c(F)c3)cc2)n1. The quantitative estimate of drug-likeness (QED) is 0.543. The summed E-state index contributed by atoms with van der Waals surface area (Å²) in [6, 6.07) is 13.2. The first-order valence-corrected chi connectivity index (χ1v) is 10.1. The van der Waals surface area contributed by atoms with Crippen molar-refractivity contribution in [2.45, 2.75) is 20.8 Å². The summed E-state index contributed by atoms with van der Waals surface area (Å²) in [6.45, 7) is 7.82. The van der Waals surface area contributed by atoms with Crippen LogP contribution in [-0.2, 0) is 0 Å². The van der Waals surface area contributed by atoms with Gasteiger partial charge in [-0.25, -0.2) is 9.37 Å². The van der Waals surface area contributed by atoms with Gasteiger partial charge in [-0.05, 0) is 63.2 Å². The number of benzene rings is 2. The first-order valence-electron chi connectivity index (χ1n) is 10.1. The number of halogens is 1. The summed E-state index contributed by atoms with van der Waals surface area (Å²) in [4.78, 5) is 23.6. The molecule has 0 unspecified atom stereocenters. The maximum atomic E-state index is 13.8. The van der Waals surface area contributed by atoms with Crippen LogP contribution in [0.25, 0.3) is 0 Å². The van der Waals surface area contributed by atoms with Crippen molar-refractivity contribution < 1.29 is 13.9 Å². The highest BCUT2D eigenvalue weighted by molar-refractivity contribution is 6.04. The van der Waals surface area contributed by atoms with Crippen molar-refractivity contribution in [1.82, 2.24) is 9.97 Å². The number of anilines is 4. The zero-order valence-electron chi connectivity index (χ0n) is 18.1. The molecule has 0 atom stereocenters. The molecular weight excluding hydrogens is 397 g/mol. The van der Waals surface area contributed by atoms with Crippen molar-refractivity contribution in [2.24, 2.45) is 0 Å². The predicted octanol–water partition coefficient (Wildman–Crippen LogP) is 4.77. The highest BCUT2D eigenvalue weighted by Gasteiger charge is 2.11. The number of carbonyl (C=O) groups excluding carboxylic acids is 1. The summed E-state index contributed by atoms with van der Waals surface area (Å²) >= 11 is 0. The molecule has 3 rings (SSSR count). The molecule has 2 aromatic carbocycles. The monoisotopic (exact) mass is 423 g/mol. The van der Waals surface area contributed by atoms with Gasteiger partial charge in [0.25, 0.3) is 5.91 Å². The van der Waals surface area contributed by atoms with Crippen LogP contribution in [-0.4, -0.2) is 36.1 Å². The van der Waals surface area contributed by atoms with E-state index in [1.54, 1.807) is 12.1 Å². The number of aryl methyl sites for hydroxylation is 1. The van der Waals surface area contributed by atoms with Crippen molar-refractivity contribution in [3.05, 3.63) is 65.6 Å². The lowest BCUT2D eigenvalue weighted by molar-refractivity contribution is 0.102. The molecule has 7 nitrogen and oxygen atoms in total. The second-order valence-electron chi connectivity index (χ2n) is 6.87. The highest BCUT2D eigenvalue weighted by atomic mass is 19.1. The van der Waals surface area contributed by atoms with E-state index < -0.39 is 11.7 Å². The molecule has 0 saturated carbocycles. The van der Waals surface area contributed by atoms with Crippen molar-refractivity contribution >= 4 is 29.0 Å². The Labute approximate surface area is 181 Å². The largest absolute Gasteiger partial charge is 0.494 e. The number of rotatable bonds is 8. The Morgan fingerprint density at radius 2 is 1.71 bits per heavy atom. The first kappa shape index (κ1) is 22.0. The van der Waals surface area contributed by atoms with Crippen molar-refractivity contribution in [3.63, 3.8) is 0 Å². The minimum atomic E-state index is -0.586. The number of methoxy groups -OCH3 is 1. The number of hydrogen-bond acceptors (Lipinski definition) is 6. The predicted molar refractivity (Wildman–Crippen MR) is 121 cm³/mol. The zero-order valence-corrected chi connectivity index (χ0v) is 18.1. The van der Waals surface area contributed by atoms with E-state index in [0.29, 0.717) is 11.6 Å². The van der Waals surface area contributed by atoms with Crippen molar-refractivity contribution in [3.8, 4) is 5.75 Å². The number of nitrogens with one attached hydrogen (secondary N) is 2. The lowest BCUT2D eigenvalue weighted by atomic mass is 10.2. The van der Waals surface area contributed by atoms with Gasteiger partial charge in [0.15, 0.2) is 11.6 Å². The smallest absolute Gasteiger partial charge is 0.255 e. The van der Waals surface area contributed by atoms with Gasteiger partial charge in [-0.2, -0.15) is 4.98 Å². The van der Waals surface area contributed by atoms with Crippen LogP contribution in [0.15, 0.2) is 48.5 Å². The van der Waals surface area contributed by atoms with Crippen LogP contribution in [0.5, 0.6) is 5.75 Å². The molecule has 0 aliphatic carbocycles. The van der Waals surface area contributed by atoms with Gasteiger partial charge < -0.3 is 20.3 Å². The molecule has 1 heterocycles. The molecule has 2 N–H and O–H groups in total. The Bertz CT molecular complexity index is 1050. The fourth-order valence-corrected chi connectivity index (χ4v) is 3.09. The Kier molecular flexibility index (Phi) is 7.02. The Morgan fingerprint density at radius 3 is 2.32 bits per heavy atom. The molecule has 0 aliphatic rings. The first-order chi connectivity index (χ1) is 14.9. The van der Waals surface area contributed by atoms with E-state index in [4.69, 9.17) is 4.74 Å². The summed E-state index contributed by atoms with van der Waals surface area (Å²) in [5.41, 5.74) is 2.44. The fraction of sp³-hybridized carbons (Fsp3) is 0.261. The third-order valence-electron chi connectivity index (χ3n) is 4.74. The minimum absolute atomic E-state index is 0.0921. The Balaban J connectivity index is 1.69. The highest BCUT2D eigenvalue weighted by Crippen LogP contribution is 2.21. The number of nitrogens with zero attached hydrogens (tertiary/aromatic N) is 3. The molecule has 3 aromatic rings. The summed E-state index contributed by atoms with van der Waals surface area (Å²) in [6.07, 6.45) is 0. The van der Waals surface area contributed by atoms with Crippen LogP contribution in [0.1, 0.15) is 29.9 Å². The summed E-state index contributed by atoms with van der Waals surface area (Å²) in [5, 5.41) is 5.95. The van der Waals surface area contributed by atoms with E-state index in [9.17, 15) is 9.18 Å². The number of hydrogen-bond donors (Lipinski definition) is 2. The minimum Gasteiger partial charge on any atom is -0.494 e. The normalized spacial score (nSPS) is 10.5. The number of ether oxygens (including phenoxy) is 1. The summed E-state index contributed by atoms with van der Waals surface area (Å²) < 4.78 is 18.7. The molecule has 1 amide bonds. The van der Waals surface area contributed by atoms with Gasteiger partial charge >= 0.3 is 0 Å². The second kappa shape index (κ2) is 9.88. The van der Waals surface area contributed by atoms with Crippen LogP contribution in [0, 0.1) is 12.7 Å². The molecule has 0 fully saturated rings. The molecule has 0 bridgehead atoms. The Hall–Kier alpha value is -3.68. The third kappa shape index (κ3) is 5.48. The number of amides is 1. The summed E-state index contributed by atoms with van der Waals surface area (Å²) in [7, 11) is 1.37. The third-order valence-corrected chi connectivity index (χ3v) is 4.74. The van der Waals surface area contributed by atoms with Gasteiger partial charge in [-0.1, -0.05) is 0 Å². The van der Waals surface area contributed by atoms with Gasteiger partial charge in [0.05, 0.1) is 7.11 Å². The molecule has 8 heteroatoms. The van der Waals surface area contributed by atoms with Gasteiger partial charge in [0.2, 0.25) is 5.95 Å².